The number of carbonyl (C=O) groups excluding carboxylic acids is 1. The van der Waals surface area contributed by atoms with Crippen molar-refractivity contribution in [3.05, 3.63) is 87.5 Å². The molecule has 25 heavy (non-hydrogen) atoms. The quantitative estimate of drug-likeness (QED) is 0.273. The summed E-state index contributed by atoms with van der Waals surface area (Å²) in [6.45, 7) is 0. The predicted molar refractivity (Wildman–Crippen MR) is 93.3 cm³/mol. The largest absolute Gasteiger partial charge is 0.466 e. The van der Waals surface area contributed by atoms with Crippen molar-refractivity contribution in [2.45, 2.75) is 0 Å². The SMILES string of the molecule is COC(=O)C=C(C=Cc1ccc([N+](=O)[O-])cc1)c1cccc(C#N)c1. The summed E-state index contributed by atoms with van der Waals surface area (Å²) in [5.41, 5.74) is 2.45. The van der Waals surface area contributed by atoms with Crippen molar-refractivity contribution >= 4 is 23.3 Å². The average Bonchev–Trinajstić information content (AvgIpc) is 2.65. The number of non-ortho nitro benzene ring substituents is 1. The Bertz CT molecular complexity index is 890. The number of rotatable bonds is 5. The highest BCUT2D eigenvalue weighted by atomic mass is 16.6. The number of ether oxygens (including phenoxy) is 1. The molecular weight excluding hydrogens is 320 g/mol. The lowest BCUT2D eigenvalue weighted by atomic mass is 10.0. The zero-order valence-corrected chi connectivity index (χ0v) is 13.4. The standard InChI is InChI=1S/C19H14N2O4/c1-25-19(22)12-17(16-4-2-3-15(11-16)13-20)8-5-14-6-9-18(10-7-14)21(23)24/h2-12H,1H3. The number of nitro benzene ring substituents is 1. The minimum atomic E-state index is -0.522. The van der Waals surface area contributed by atoms with Gasteiger partial charge >= 0.3 is 5.97 Å². The molecule has 0 aromatic heterocycles. The molecule has 0 aliphatic heterocycles. The summed E-state index contributed by atoms with van der Waals surface area (Å²) in [6.07, 6.45) is 4.73. The summed E-state index contributed by atoms with van der Waals surface area (Å²) in [6, 6.07) is 14.9. The lowest BCUT2D eigenvalue weighted by molar-refractivity contribution is -0.384. The summed E-state index contributed by atoms with van der Waals surface area (Å²) < 4.78 is 4.66. The average molecular weight is 334 g/mol. The van der Waals surface area contributed by atoms with E-state index in [-0.39, 0.29) is 5.69 Å². The number of hydrogen-bond donors (Lipinski definition) is 0. The van der Waals surface area contributed by atoms with Gasteiger partial charge in [-0.15, -0.1) is 0 Å². The Hall–Kier alpha value is -3.72. The van der Waals surface area contributed by atoms with Crippen LogP contribution in [0.5, 0.6) is 0 Å². The molecule has 0 unspecified atom stereocenters. The van der Waals surface area contributed by atoms with Gasteiger partial charge in [-0.1, -0.05) is 24.3 Å². The summed E-state index contributed by atoms with van der Waals surface area (Å²) in [4.78, 5) is 21.8. The molecule has 124 valence electrons. The Kier molecular flexibility index (Phi) is 5.80. The number of nitriles is 1. The molecule has 0 fully saturated rings. The minimum absolute atomic E-state index is 0.00389. The number of nitro groups is 1. The molecule has 0 radical (unpaired) electrons. The second-order valence-corrected chi connectivity index (χ2v) is 5.00. The van der Waals surface area contributed by atoms with E-state index in [0.717, 1.165) is 5.56 Å². The van der Waals surface area contributed by atoms with Crippen LogP contribution in [0.4, 0.5) is 5.69 Å². The van der Waals surface area contributed by atoms with Crippen molar-refractivity contribution in [3.63, 3.8) is 0 Å². The first-order valence-electron chi connectivity index (χ1n) is 7.26. The lowest BCUT2D eigenvalue weighted by Crippen LogP contribution is -1.96. The first kappa shape index (κ1) is 17.6. The molecule has 0 saturated heterocycles. The zero-order valence-electron chi connectivity index (χ0n) is 13.4. The molecule has 0 N–H and O–H groups in total. The Morgan fingerprint density at radius 1 is 1.24 bits per heavy atom. The Morgan fingerprint density at radius 2 is 1.96 bits per heavy atom. The van der Waals surface area contributed by atoms with E-state index in [2.05, 4.69) is 4.74 Å². The Labute approximate surface area is 144 Å². The van der Waals surface area contributed by atoms with Crippen LogP contribution in [0, 0.1) is 21.4 Å². The number of methoxy groups -OCH3 is 1. The van der Waals surface area contributed by atoms with Gasteiger partial charge in [-0.05, 0) is 41.0 Å². The molecule has 0 amide bonds. The van der Waals surface area contributed by atoms with E-state index in [1.165, 1.54) is 25.3 Å². The van der Waals surface area contributed by atoms with Gasteiger partial charge in [-0.2, -0.15) is 5.26 Å². The van der Waals surface area contributed by atoms with Crippen molar-refractivity contribution in [1.82, 2.24) is 0 Å². The number of carbonyl (C=O) groups is 1. The fourth-order valence-electron chi connectivity index (χ4n) is 2.08. The Morgan fingerprint density at radius 3 is 2.56 bits per heavy atom. The fraction of sp³-hybridized carbons (Fsp3) is 0.0526. The third kappa shape index (κ3) is 4.88. The fourth-order valence-corrected chi connectivity index (χ4v) is 2.08. The number of benzene rings is 2. The van der Waals surface area contributed by atoms with Gasteiger partial charge in [0.25, 0.3) is 5.69 Å². The summed E-state index contributed by atoms with van der Waals surface area (Å²) >= 11 is 0. The molecule has 0 aliphatic carbocycles. The molecule has 2 rings (SSSR count). The summed E-state index contributed by atoms with van der Waals surface area (Å²) in [5, 5.41) is 19.7. The molecule has 0 spiro atoms. The first-order valence-corrected chi connectivity index (χ1v) is 7.26. The van der Waals surface area contributed by atoms with Crippen molar-refractivity contribution in [2.75, 3.05) is 7.11 Å². The number of hydrogen-bond acceptors (Lipinski definition) is 5. The smallest absolute Gasteiger partial charge is 0.331 e. The molecule has 0 atom stereocenters. The van der Waals surface area contributed by atoms with Crippen molar-refractivity contribution in [2.24, 2.45) is 0 Å². The number of allylic oxidation sites excluding steroid dienone is 2. The molecular formula is C19H14N2O4. The zero-order chi connectivity index (χ0) is 18.2. The maximum absolute atomic E-state index is 11.6. The molecule has 2 aromatic carbocycles. The number of nitrogens with zero attached hydrogens (tertiary/aromatic N) is 2. The molecule has 2 aromatic rings. The predicted octanol–water partition coefficient (Wildman–Crippen LogP) is 3.74. The van der Waals surface area contributed by atoms with Crippen LogP contribution in [-0.4, -0.2) is 18.0 Å². The van der Waals surface area contributed by atoms with Crippen LogP contribution in [0.25, 0.3) is 11.6 Å². The second-order valence-electron chi connectivity index (χ2n) is 5.00. The topological polar surface area (TPSA) is 93.2 Å². The summed E-state index contributed by atoms with van der Waals surface area (Å²) in [5.74, 6) is -0.522. The summed E-state index contributed by atoms with van der Waals surface area (Å²) in [7, 11) is 1.28. The van der Waals surface area contributed by atoms with Gasteiger partial charge in [0.1, 0.15) is 0 Å². The highest BCUT2D eigenvalue weighted by molar-refractivity contribution is 5.95. The van der Waals surface area contributed by atoms with E-state index >= 15 is 0 Å². The van der Waals surface area contributed by atoms with E-state index in [4.69, 9.17) is 5.26 Å². The van der Waals surface area contributed by atoms with Gasteiger partial charge < -0.3 is 4.74 Å². The normalized spacial score (nSPS) is 11.1. The van der Waals surface area contributed by atoms with E-state index in [0.29, 0.717) is 16.7 Å². The second kappa shape index (κ2) is 8.22. The van der Waals surface area contributed by atoms with Gasteiger partial charge in [-0.3, -0.25) is 10.1 Å². The van der Waals surface area contributed by atoms with E-state index < -0.39 is 10.9 Å². The van der Waals surface area contributed by atoms with E-state index in [1.54, 1.807) is 48.6 Å². The van der Waals surface area contributed by atoms with Gasteiger partial charge in [-0.25, -0.2) is 4.79 Å². The van der Waals surface area contributed by atoms with Gasteiger partial charge in [0, 0.05) is 18.2 Å². The van der Waals surface area contributed by atoms with E-state index in [1.807, 2.05) is 6.07 Å². The molecule has 0 saturated carbocycles. The molecule has 6 heteroatoms. The van der Waals surface area contributed by atoms with Gasteiger partial charge in [0.2, 0.25) is 0 Å². The first-order chi connectivity index (χ1) is 12.0. The highest BCUT2D eigenvalue weighted by Crippen LogP contribution is 2.20. The van der Waals surface area contributed by atoms with E-state index in [9.17, 15) is 14.9 Å². The molecule has 0 aliphatic rings. The highest BCUT2D eigenvalue weighted by Gasteiger charge is 2.05. The van der Waals surface area contributed by atoms with Crippen molar-refractivity contribution in [3.8, 4) is 6.07 Å². The van der Waals surface area contributed by atoms with Crippen LogP contribution in [0.1, 0.15) is 16.7 Å². The third-order valence-electron chi connectivity index (χ3n) is 3.36. The van der Waals surface area contributed by atoms with Crippen molar-refractivity contribution in [1.29, 1.82) is 5.26 Å². The number of esters is 1. The van der Waals surface area contributed by atoms with Crippen LogP contribution < -0.4 is 0 Å². The van der Waals surface area contributed by atoms with Crippen LogP contribution >= 0.6 is 0 Å². The molecule has 0 heterocycles. The van der Waals surface area contributed by atoms with Crippen LogP contribution in [0.2, 0.25) is 0 Å². The molecule has 0 bridgehead atoms. The van der Waals surface area contributed by atoms with Gasteiger partial charge in [0.05, 0.1) is 23.7 Å². The third-order valence-corrected chi connectivity index (χ3v) is 3.36. The van der Waals surface area contributed by atoms with Crippen molar-refractivity contribution < 1.29 is 14.5 Å². The Balaban J connectivity index is 2.36. The maximum atomic E-state index is 11.6. The maximum Gasteiger partial charge on any atom is 0.331 e. The van der Waals surface area contributed by atoms with Gasteiger partial charge in [0.15, 0.2) is 0 Å². The van der Waals surface area contributed by atoms with Crippen LogP contribution in [0.3, 0.4) is 0 Å². The minimum Gasteiger partial charge on any atom is -0.466 e. The van der Waals surface area contributed by atoms with Crippen LogP contribution in [0.15, 0.2) is 60.7 Å². The lowest BCUT2D eigenvalue weighted by Gasteiger charge is -2.04. The molecule has 6 nitrogen and oxygen atoms in total. The van der Waals surface area contributed by atoms with Crippen LogP contribution in [-0.2, 0) is 9.53 Å². The monoisotopic (exact) mass is 334 g/mol.